The molecule has 0 amide bonds. The van der Waals surface area contributed by atoms with E-state index in [2.05, 4.69) is 21.5 Å². The third-order valence-electron chi connectivity index (χ3n) is 3.14. The van der Waals surface area contributed by atoms with Crippen LogP contribution in [0.3, 0.4) is 0 Å². The second-order valence-corrected chi connectivity index (χ2v) is 4.66. The molecule has 19 heavy (non-hydrogen) atoms. The van der Waals surface area contributed by atoms with Gasteiger partial charge in [0.1, 0.15) is 11.3 Å². The molecule has 1 aromatic carbocycles. The molecule has 0 aliphatic rings. The topological polar surface area (TPSA) is 56.7 Å². The van der Waals surface area contributed by atoms with Gasteiger partial charge in [-0.05, 0) is 25.1 Å². The van der Waals surface area contributed by atoms with Gasteiger partial charge in [0.15, 0.2) is 0 Å². The van der Waals surface area contributed by atoms with Crippen molar-refractivity contribution in [1.82, 2.24) is 14.5 Å². The summed E-state index contributed by atoms with van der Waals surface area (Å²) in [5, 5.41) is 0.609. The SMILES string of the molecule is CCn1c(-c2c(N)cccc2Cl)nc2cnccc21. The minimum Gasteiger partial charge on any atom is -0.398 e. The molecule has 2 aromatic heterocycles. The fraction of sp³-hybridized carbons (Fsp3) is 0.143. The lowest BCUT2D eigenvalue weighted by Crippen LogP contribution is -2.00. The number of nitrogens with two attached hydrogens (primary N) is 1. The number of nitrogen functional groups attached to an aromatic ring is 1. The van der Waals surface area contributed by atoms with Crippen LogP contribution in [0.1, 0.15) is 6.92 Å². The number of anilines is 1. The van der Waals surface area contributed by atoms with E-state index in [9.17, 15) is 0 Å². The van der Waals surface area contributed by atoms with Crippen LogP contribution in [0.4, 0.5) is 5.69 Å². The first kappa shape index (κ1) is 12.0. The van der Waals surface area contributed by atoms with Crippen molar-refractivity contribution in [3.63, 3.8) is 0 Å². The summed E-state index contributed by atoms with van der Waals surface area (Å²) >= 11 is 6.27. The molecule has 3 rings (SSSR count). The molecule has 0 bridgehead atoms. The Morgan fingerprint density at radius 3 is 2.89 bits per heavy atom. The van der Waals surface area contributed by atoms with E-state index in [0.29, 0.717) is 10.7 Å². The van der Waals surface area contributed by atoms with Crippen molar-refractivity contribution in [2.24, 2.45) is 0 Å². The minimum absolute atomic E-state index is 0.609. The number of nitrogens with zero attached hydrogens (tertiary/aromatic N) is 3. The highest BCUT2D eigenvalue weighted by molar-refractivity contribution is 6.33. The molecule has 0 saturated carbocycles. The molecule has 0 unspecified atom stereocenters. The molecule has 0 fully saturated rings. The third kappa shape index (κ3) is 1.85. The quantitative estimate of drug-likeness (QED) is 0.728. The van der Waals surface area contributed by atoms with Gasteiger partial charge in [0.05, 0.1) is 22.3 Å². The van der Waals surface area contributed by atoms with Crippen LogP contribution in [-0.4, -0.2) is 14.5 Å². The van der Waals surface area contributed by atoms with E-state index in [1.807, 2.05) is 24.3 Å². The van der Waals surface area contributed by atoms with Crippen LogP contribution >= 0.6 is 11.6 Å². The number of hydrogen-bond acceptors (Lipinski definition) is 3. The molecule has 0 radical (unpaired) electrons. The fourth-order valence-electron chi connectivity index (χ4n) is 2.27. The molecule has 0 saturated heterocycles. The monoisotopic (exact) mass is 272 g/mol. The van der Waals surface area contributed by atoms with Gasteiger partial charge in [0.25, 0.3) is 0 Å². The Hall–Kier alpha value is -2.07. The second kappa shape index (κ2) is 4.55. The van der Waals surface area contributed by atoms with Crippen LogP contribution < -0.4 is 5.73 Å². The number of rotatable bonds is 2. The van der Waals surface area contributed by atoms with Gasteiger partial charge in [-0.25, -0.2) is 4.98 Å². The predicted molar refractivity (Wildman–Crippen MR) is 78.1 cm³/mol. The average molecular weight is 273 g/mol. The van der Waals surface area contributed by atoms with Gasteiger partial charge in [-0.3, -0.25) is 4.98 Å². The zero-order chi connectivity index (χ0) is 13.4. The van der Waals surface area contributed by atoms with E-state index < -0.39 is 0 Å². The van der Waals surface area contributed by atoms with E-state index in [1.54, 1.807) is 12.4 Å². The minimum atomic E-state index is 0.609. The number of benzene rings is 1. The number of hydrogen-bond donors (Lipinski definition) is 1. The summed E-state index contributed by atoms with van der Waals surface area (Å²) in [4.78, 5) is 8.71. The van der Waals surface area contributed by atoms with E-state index in [1.165, 1.54) is 0 Å². The van der Waals surface area contributed by atoms with Gasteiger partial charge < -0.3 is 10.3 Å². The molecule has 4 nitrogen and oxygen atoms in total. The van der Waals surface area contributed by atoms with Crippen molar-refractivity contribution >= 4 is 28.3 Å². The zero-order valence-electron chi connectivity index (χ0n) is 10.5. The number of fused-ring (bicyclic) bond motifs is 1. The maximum absolute atomic E-state index is 6.27. The van der Waals surface area contributed by atoms with Gasteiger partial charge in [-0.1, -0.05) is 17.7 Å². The van der Waals surface area contributed by atoms with E-state index >= 15 is 0 Å². The maximum Gasteiger partial charge on any atom is 0.144 e. The standard InChI is InChI=1S/C14H13ClN4/c1-2-19-12-6-7-17-8-11(12)18-14(19)13-9(15)4-3-5-10(13)16/h3-8H,2,16H2,1H3. The molecule has 5 heteroatoms. The number of halogens is 1. The van der Waals surface area contributed by atoms with Gasteiger partial charge in [0, 0.05) is 18.4 Å². The Morgan fingerprint density at radius 1 is 1.32 bits per heavy atom. The lowest BCUT2D eigenvalue weighted by Gasteiger charge is -2.10. The van der Waals surface area contributed by atoms with E-state index in [-0.39, 0.29) is 0 Å². The lowest BCUT2D eigenvalue weighted by molar-refractivity contribution is 0.796. The highest BCUT2D eigenvalue weighted by atomic mass is 35.5. The van der Waals surface area contributed by atoms with Crippen LogP contribution in [0, 0.1) is 0 Å². The normalized spacial score (nSPS) is 11.1. The van der Waals surface area contributed by atoms with Gasteiger partial charge in [-0.2, -0.15) is 0 Å². The fourth-order valence-corrected chi connectivity index (χ4v) is 2.54. The predicted octanol–water partition coefficient (Wildman–Crippen LogP) is 3.35. The second-order valence-electron chi connectivity index (χ2n) is 4.25. The van der Waals surface area contributed by atoms with Crippen LogP contribution in [0.5, 0.6) is 0 Å². The summed E-state index contributed by atoms with van der Waals surface area (Å²) in [5.41, 5.74) is 9.34. The number of imidazole rings is 1. The molecule has 3 aromatic rings. The number of aryl methyl sites for hydroxylation is 1. The molecular weight excluding hydrogens is 260 g/mol. The van der Waals surface area contributed by atoms with Crippen molar-refractivity contribution in [2.45, 2.75) is 13.5 Å². The molecule has 0 atom stereocenters. The smallest absolute Gasteiger partial charge is 0.144 e. The summed E-state index contributed by atoms with van der Waals surface area (Å²) < 4.78 is 2.09. The summed E-state index contributed by atoms with van der Waals surface area (Å²) in [6, 6.07) is 7.44. The summed E-state index contributed by atoms with van der Waals surface area (Å²) in [7, 11) is 0. The first-order valence-corrected chi connectivity index (χ1v) is 6.44. The Bertz CT molecular complexity index is 728. The Labute approximate surface area is 115 Å². The molecule has 0 aliphatic carbocycles. The summed E-state index contributed by atoms with van der Waals surface area (Å²) in [6.07, 6.45) is 3.51. The molecule has 0 spiro atoms. The molecule has 0 aliphatic heterocycles. The van der Waals surface area contributed by atoms with Crippen molar-refractivity contribution < 1.29 is 0 Å². The van der Waals surface area contributed by atoms with Crippen LogP contribution in [0.15, 0.2) is 36.7 Å². The Kier molecular flexibility index (Phi) is 2.87. The Balaban J connectivity index is 2.37. The first-order chi connectivity index (χ1) is 9.22. The van der Waals surface area contributed by atoms with Crippen LogP contribution in [-0.2, 0) is 6.54 Å². The zero-order valence-corrected chi connectivity index (χ0v) is 11.2. The largest absolute Gasteiger partial charge is 0.398 e. The maximum atomic E-state index is 6.27. The van der Waals surface area contributed by atoms with Crippen molar-refractivity contribution in [2.75, 3.05) is 5.73 Å². The van der Waals surface area contributed by atoms with Crippen LogP contribution in [0.25, 0.3) is 22.4 Å². The van der Waals surface area contributed by atoms with Gasteiger partial charge in [0.2, 0.25) is 0 Å². The van der Waals surface area contributed by atoms with E-state index in [0.717, 1.165) is 29.0 Å². The average Bonchev–Trinajstić information content (AvgIpc) is 2.76. The van der Waals surface area contributed by atoms with Crippen molar-refractivity contribution in [1.29, 1.82) is 0 Å². The molecule has 96 valence electrons. The molecule has 2 N–H and O–H groups in total. The molecule has 2 heterocycles. The number of pyridine rings is 1. The highest BCUT2D eigenvalue weighted by Gasteiger charge is 2.16. The van der Waals surface area contributed by atoms with Gasteiger partial charge >= 0.3 is 0 Å². The Morgan fingerprint density at radius 2 is 2.16 bits per heavy atom. The highest BCUT2D eigenvalue weighted by Crippen LogP contribution is 2.34. The summed E-state index contributed by atoms with van der Waals surface area (Å²) in [5.74, 6) is 0.786. The van der Waals surface area contributed by atoms with E-state index in [4.69, 9.17) is 17.3 Å². The summed E-state index contributed by atoms with van der Waals surface area (Å²) in [6.45, 7) is 2.86. The third-order valence-corrected chi connectivity index (χ3v) is 3.45. The molecular formula is C14H13ClN4. The van der Waals surface area contributed by atoms with Crippen molar-refractivity contribution in [3.05, 3.63) is 41.7 Å². The van der Waals surface area contributed by atoms with Crippen molar-refractivity contribution in [3.8, 4) is 11.4 Å². The van der Waals surface area contributed by atoms with Gasteiger partial charge in [-0.15, -0.1) is 0 Å². The number of aromatic nitrogens is 3. The van der Waals surface area contributed by atoms with Crippen LogP contribution in [0.2, 0.25) is 5.02 Å². The lowest BCUT2D eigenvalue weighted by atomic mass is 10.1. The first-order valence-electron chi connectivity index (χ1n) is 6.07.